The SMILES string of the molecule is Cc1nn(C)cc1CN1CCC(O)(C(F)(F)F)CC1. The van der Waals surface area contributed by atoms with E-state index in [0.717, 1.165) is 11.3 Å². The average molecular weight is 277 g/mol. The van der Waals surface area contributed by atoms with Crippen molar-refractivity contribution in [2.45, 2.75) is 38.1 Å². The summed E-state index contributed by atoms with van der Waals surface area (Å²) in [7, 11) is 1.81. The molecule has 7 heteroatoms. The minimum Gasteiger partial charge on any atom is -0.380 e. The van der Waals surface area contributed by atoms with E-state index in [1.165, 1.54) is 0 Å². The molecule has 0 aromatic carbocycles. The van der Waals surface area contributed by atoms with Crippen LogP contribution in [0.25, 0.3) is 0 Å². The van der Waals surface area contributed by atoms with Crippen LogP contribution in [-0.4, -0.2) is 44.7 Å². The second-order valence-electron chi connectivity index (χ2n) is 5.22. The molecule has 1 saturated heterocycles. The van der Waals surface area contributed by atoms with Gasteiger partial charge in [0.1, 0.15) is 0 Å². The van der Waals surface area contributed by atoms with Gasteiger partial charge in [0.25, 0.3) is 0 Å². The molecule has 0 unspecified atom stereocenters. The Kier molecular flexibility index (Phi) is 3.61. The molecule has 108 valence electrons. The molecule has 1 aromatic heterocycles. The Morgan fingerprint density at radius 3 is 2.37 bits per heavy atom. The lowest BCUT2D eigenvalue weighted by molar-refractivity contribution is -0.272. The number of aliphatic hydroxyl groups is 1. The first-order valence-electron chi connectivity index (χ1n) is 6.22. The number of aromatic nitrogens is 2. The number of halogens is 3. The van der Waals surface area contributed by atoms with E-state index in [9.17, 15) is 18.3 Å². The third kappa shape index (κ3) is 2.92. The van der Waals surface area contributed by atoms with Gasteiger partial charge in [0.2, 0.25) is 0 Å². The molecule has 2 heterocycles. The summed E-state index contributed by atoms with van der Waals surface area (Å²) >= 11 is 0. The van der Waals surface area contributed by atoms with E-state index >= 15 is 0 Å². The minimum atomic E-state index is -4.54. The number of aryl methyl sites for hydroxylation is 2. The Morgan fingerprint density at radius 1 is 1.37 bits per heavy atom. The lowest BCUT2D eigenvalue weighted by Gasteiger charge is -2.39. The van der Waals surface area contributed by atoms with Crippen LogP contribution in [0, 0.1) is 6.92 Å². The quantitative estimate of drug-likeness (QED) is 0.893. The highest BCUT2D eigenvalue weighted by Crippen LogP contribution is 2.38. The van der Waals surface area contributed by atoms with Crippen molar-refractivity contribution in [1.29, 1.82) is 0 Å². The van der Waals surface area contributed by atoms with Crippen molar-refractivity contribution in [2.24, 2.45) is 7.05 Å². The molecule has 4 nitrogen and oxygen atoms in total. The smallest absolute Gasteiger partial charge is 0.380 e. The molecule has 2 rings (SSSR count). The largest absolute Gasteiger partial charge is 0.417 e. The first-order chi connectivity index (χ1) is 8.71. The Hall–Kier alpha value is -1.08. The van der Waals surface area contributed by atoms with E-state index in [2.05, 4.69) is 5.10 Å². The molecule has 19 heavy (non-hydrogen) atoms. The molecule has 0 spiro atoms. The monoisotopic (exact) mass is 277 g/mol. The van der Waals surface area contributed by atoms with E-state index in [0.29, 0.717) is 6.54 Å². The third-order valence-corrected chi connectivity index (χ3v) is 3.72. The number of rotatable bonds is 2. The highest BCUT2D eigenvalue weighted by molar-refractivity contribution is 5.15. The van der Waals surface area contributed by atoms with Crippen LogP contribution in [0.4, 0.5) is 13.2 Å². The predicted molar refractivity (Wildman–Crippen MR) is 63.5 cm³/mol. The van der Waals surface area contributed by atoms with Crippen molar-refractivity contribution in [3.63, 3.8) is 0 Å². The lowest BCUT2D eigenvalue weighted by atomic mass is 9.90. The predicted octanol–water partition coefficient (Wildman–Crippen LogP) is 1.62. The summed E-state index contributed by atoms with van der Waals surface area (Å²) in [6.07, 6.45) is -3.20. The van der Waals surface area contributed by atoms with Gasteiger partial charge in [0, 0.05) is 38.4 Å². The van der Waals surface area contributed by atoms with Gasteiger partial charge >= 0.3 is 6.18 Å². The number of hydrogen-bond acceptors (Lipinski definition) is 3. The zero-order valence-corrected chi connectivity index (χ0v) is 11.0. The number of piperidine rings is 1. The van der Waals surface area contributed by atoms with Crippen molar-refractivity contribution >= 4 is 0 Å². The highest BCUT2D eigenvalue weighted by atomic mass is 19.4. The first-order valence-corrected chi connectivity index (χ1v) is 6.22. The van der Waals surface area contributed by atoms with Crippen LogP contribution in [0.3, 0.4) is 0 Å². The van der Waals surface area contributed by atoms with Crippen molar-refractivity contribution < 1.29 is 18.3 Å². The molecule has 1 aliphatic heterocycles. The molecule has 0 saturated carbocycles. The molecule has 1 aliphatic rings. The number of likely N-dealkylation sites (tertiary alicyclic amines) is 1. The maximum Gasteiger partial charge on any atom is 0.417 e. The fourth-order valence-electron chi connectivity index (χ4n) is 2.41. The van der Waals surface area contributed by atoms with Crippen molar-refractivity contribution in [3.8, 4) is 0 Å². The lowest BCUT2D eigenvalue weighted by Crippen LogP contribution is -2.53. The second-order valence-corrected chi connectivity index (χ2v) is 5.22. The van der Waals surface area contributed by atoms with Crippen molar-refractivity contribution in [3.05, 3.63) is 17.5 Å². The summed E-state index contributed by atoms with van der Waals surface area (Å²) in [6, 6.07) is 0. The van der Waals surface area contributed by atoms with Crippen molar-refractivity contribution in [2.75, 3.05) is 13.1 Å². The number of hydrogen-bond donors (Lipinski definition) is 1. The van der Waals surface area contributed by atoms with Gasteiger partial charge in [-0.3, -0.25) is 9.58 Å². The molecular formula is C12H18F3N3O. The molecule has 0 radical (unpaired) electrons. The van der Waals surface area contributed by atoms with E-state index in [1.807, 2.05) is 25.1 Å². The van der Waals surface area contributed by atoms with Crippen LogP contribution in [-0.2, 0) is 13.6 Å². The average Bonchev–Trinajstić information content (AvgIpc) is 2.59. The molecule has 1 N–H and O–H groups in total. The van der Waals surface area contributed by atoms with Crippen LogP contribution in [0.1, 0.15) is 24.1 Å². The van der Waals surface area contributed by atoms with E-state index in [4.69, 9.17) is 0 Å². The van der Waals surface area contributed by atoms with Crippen LogP contribution < -0.4 is 0 Å². The fraction of sp³-hybridized carbons (Fsp3) is 0.750. The summed E-state index contributed by atoms with van der Waals surface area (Å²) < 4.78 is 39.7. The number of nitrogens with zero attached hydrogens (tertiary/aromatic N) is 3. The molecule has 0 aliphatic carbocycles. The Bertz CT molecular complexity index is 448. The zero-order chi connectivity index (χ0) is 14.3. The van der Waals surface area contributed by atoms with E-state index in [-0.39, 0.29) is 25.9 Å². The zero-order valence-electron chi connectivity index (χ0n) is 11.0. The van der Waals surface area contributed by atoms with E-state index < -0.39 is 11.8 Å². The van der Waals surface area contributed by atoms with Crippen LogP contribution in [0.15, 0.2) is 6.20 Å². The van der Waals surface area contributed by atoms with Gasteiger partial charge in [0.05, 0.1) is 5.69 Å². The standard InChI is InChI=1S/C12H18F3N3O/c1-9-10(7-17(2)16-9)8-18-5-3-11(19,4-6-18)12(13,14)15/h7,19H,3-6,8H2,1-2H3. The Balaban J connectivity index is 1.96. The summed E-state index contributed by atoms with van der Waals surface area (Å²) in [5, 5.41) is 13.8. The Labute approximate surface area is 109 Å². The van der Waals surface area contributed by atoms with Crippen LogP contribution in [0.2, 0.25) is 0 Å². The van der Waals surface area contributed by atoms with Gasteiger partial charge in [-0.2, -0.15) is 18.3 Å². The molecule has 1 fully saturated rings. The molecule has 0 bridgehead atoms. The van der Waals surface area contributed by atoms with E-state index in [1.54, 1.807) is 4.68 Å². The first kappa shape index (κ1) is 14.3. The van der Waals surface area contributed by atoms with Gasteiger partial charge in [-0.1, -0.05) is 0 Å². The normalized spacial score (nSPS) is 20.7. The minimum absolute atomic E-state index is 0.240. The Morgan fingerprint density at radius 2 is 1.95 bits per heavy atom. The van der Waals surface area contributed by atoms with Crippen molar-refractivity contribution in [1.82, 2.24) is 14.7 Å². The molecule has 0 atom stereocenters. The fourth-order valence-corrected chi connectivity index (χ4v) is 2.41. The summed E-state index contributed by atoms with van der Waals surface area (Å²) in [6.45, 7) is 2.94. The van der Waals surface area contributed by atoms with Gasteiger partial charge in [-0.25, -0.2) is 0 Å². The summed E-state index contributed by atoms with van der Waals surface area (Å²) in [4.78, 5) is 1.92. The highest BCUT2D eigenvalue weighted by Gasteiger charge is 2.54. The second kappa shape index (κ2) is 4.79. The van der Waals surface area contributed by atoms with Gasteiger partial charge < -0.3 is 5.11 Å². The summed E-state index contributed by atoms with van der Waals surface area (Å²) in [5.74, 6) is 0. The van der Waals surface area contributed by atoms with Crippen LogP contribution >= 0.6 is 0 Å². The maximum absolute atomic E-state index is 12.7. The maximum atomic E-state index is 12.7. The topological polar surface area (TPSA) is 41.3 Å². The number of alkyl halides is 3. The van der Waals surface area contributed by atoms with Gasteiger partial charge in [-0.15, -0.1) is 0 Å². The molecular weight excluding hydrogens is 259 g/mol. The summed E-state index contributed by atoms with van der Waals surface area (Å²) in [5.41, 5.74) is -0.618. The molecule has 1 aromatic rings. The van der Waals surface area contributed by atoms with Gasteiger partial charge in [-0.05, 0) is 19.8 Å². The van der Waals surface area contributed by atoms with Gasteiger partial charge in [0.15, 0.2) is 5.60 Å². The van der Waals surface area contributed by atoms with Crippen LogP contribution in [0.5, 0.6) is 0 Å². The third-order valence-electron chi connectivity index (χ3n) is 3.72. The molecule has 0 amide bonds.